The molecule has 0 aromatic carbocycles. The van der Waals surface area contributed by atoms with Crippen molar-refractivity contribution in [1.82, 2.24) is 9.97 Å². The topological polar surface area (TPSA) is 54.9 Å². The van der Waals surface area contributed by atoms with Crippen LogP contribution in [0.15, 0.2) is 45.8 Å². The lowest BCUT2D eigenvalue weighted by molar-refractivity contribution is -0.115. The highest BCUT2D eigenvalue weighted by atomic mass is 32.1. The van der Waals surface area contributed by atoms with Crippen LogP contribution in [0.2, 0.25) is 0 Å². The Morgan fingerprint density at radius 1 is 0.958 bits per heavy atom. The number of hydrogen-bond acceptors (Lipinski definition) is 7. The van der Waals surface area contributed by atoms with Crippen molar-refractivity contribution < 1.29 is 4.79 Å². The van der Waals surface area contributed by atoms with Crippen molar-refractivity contribution in [1.29, 1.82) is 0 Å². The van der Waals surface area contributed by atoms with Gasteiger partial charge in [0.05, 0.1) is 27.6 Å². The molecule has 0 aliphatic rings. The number of amides is 1. The van der Waals surface area contributed by atoms with Gasteiger partial charge in [-0.15, -0.1) is 45.3 Å². The van der Waals surface area contributed by atoms with Gasteiger partial charge in [0, 0.05) is 10.8 Å². The molecule has 8 heteroatoms. The maximum Gasteiger partial charge on any atom is 0.232 e. The Balaban J connectivity index is 1.40. The van der Waals surface area contributed by atoms with E-state index < -0.39 is 0 Å². The lowest BCUT2D eigenvalue weighted by Crippen LogP contribution is -2.14. The number of carbonyl (C=O) groups excluding carboxylic acids is 1. The van der Waals surface area contributed by atoms with E-state index in [1.807, 2.05) is 45.8 Å². The van der Waals surface area contributed by atoms with E-state index in [1.165, 1.54) is 11.3 Å². The molecule has 4 aromatic heterocycles. The molecule has 24 heavy (non-hydrogen) atoms. The third kappa shape index (κ3) is 3.46. The van der Waals surface area contributed by atoms with Gasteiger partial charge in [-0.2, -0.15) is 0 Å². The van der Waals surface area contributed by atoms with E-state index in [4.69, 9.17) is 0 Å². The molecule has 0 radical (unpaired) electrons. The summed E-state index contributed by atoms with van der Waals surface area (Å²) in [5.74, 6) is -0.0925. The monoisotopic (exact) mass is 389 g/mol. The first-order valence-corrected chi connectivity index (χ1v) is 10.6. The summed E-state index contributed by atoms with van der Waals surface area (Å²) in [6, 6.07) is 8.05. The minimum absolute atomic E-state index is 0.0925. The molecule has 4 nitrogen and oxygen atoms in total. The molecule has 0 aliphatic heterocycles. The lowest BCUT2D eigenvalue weighted by Gasteiger charge is -1.99. The molecule has 0 atom stereocenters. The maximum atomic E-state index is 12.2. The van der Waals surface area contributed by atoms with Gasteiger partial charge in [0.25, 0.3) is 0 Å². The van der Waals surface area contributed by atoms with Crippen molar-refractivity contribution in [2.75, 3.05) is 5.32 Å². The Kier molecular flexibility index (Phi) is 4.52. The molecule has 4 rings (SSSR count). The van der Waals surface area contributed by atoms with E-state index in [0.717, 1.165) is 26.1 Å². The molecule has 120 valence electrons. The van der Waals surface area contributed by atoms with Crippen LogP contribution in [0.1, 0.15) is 5.69 Å². The van der Waals surface area contributed by atoms with Crippen molar-refractivity contribution in [2.45, 2.75) is 6.42 Å². The zero-order valence-electron chi connectivity index (χ0n) is 12.3. The van der Waals surface area contributed by atoms with Crippen molar-refractivity contribution in [3.8, 4) is 20.5 Å². The first-order chi connectivity index (χ1) is 11.8. The molecule has 1 amide bonds. The number of carbonyl (C=O) groups is 1. The number of anilines is 1. The van der Waals surface area contributed by atoms with Crippen LogP contribution >= 0.6 is 45.3 Å². The average molecular weight is 390 g/mol. The molecule has 4 heterocycles. The predicted molar refractivity (Wildman–Crippen MR) is 103 cm³/mol. The number of rotatable bonds is 5. The Bertz CT molecular complexity index is 861. The van der Waals surface area contributed by atoms with Gasteiger partial charge in [-0.25, -0.2) is 9.97 Å². The highest BCUT2D eigenvalue weighted by Gasteiger charge is 2.12. The quantitative estimate of drug-likeness (QED) is 0.508. The minimum Gasteiger partial charge on any atom is -0.302 e. The number of thiazole rings is 2. The van der Waals surface area contributed by atoms with Gasteiger partial charge in [0.15, 0.2) is 5.13 Å². The maximum absolute atomic E-state index is 12.2. The van der Waals surface area contributed by atoms with E-state index in [2.05, 4.69) is 15.3 Å². The van der Waals surface area contributed by atoms with Crippen LogP contribution in [0, 0.1) is 0 Å². The van der Waals surface area contributed by atoms with Gasteiger partial charge in [0.1, 0.15) is 5.01 Å². The summed E-state index contributed by atoms with van der Waals surface area (Å²) in [5, 5.41) is 12.4. The number of nitrogens with zero attached hydrogens (tertiary/aromatic N) is 2. The van der Waals surface area contributed by atoms with Crippen LogP contribution in [0.4, 0.5) is 5.13 Å². The van der Waals surface area contributed by atoms with Crippen molar-refractivity contribution in [3.05, 3.63) is 51.5 Å². The zero-order valence-corrected chi connectivity index (χ0v) is 15.5. The zero-order chi connectivity index (χ0) is 16.4. The molecular weight excluding hydrogens is 378 g/mol. The Morgan fingerprint density at radius 2 is 1.75 bits per heavy atom. The summed E-state index contributed by atoms with van der Waals surface area (Å²) >= 11 is 6.29. The molecule has 1 N–H and O–H groups in total. The van der Waals surface area contributed by atoms with Crippen LogP contribution < -0.4 is 5.32 Å². The number of nitrogens with one attached hydrogen (secondary N) is 1. The second-order valence-corrected chi connectivity index (χ2v) is 8.47. The minimum atomic E-state index is -0.0925. The SMILES string of the molecule is O=C(Cc1csc(-c2cccs2)n1)Nc1nc(-c2cccs2)cs1. The largest absolute Gasteiger partial charge is 0.302 e. The molecule has 0 bridgehead atoms. The third-order valence-corrected chi connectivity index (χ3v) is 6.73. The van der Waals surface area contributed by atoms with Gasteiger partial charge < -0.3 is 5.32 Å². The average Bonchev–Trinajstić information content (AvgIpc) is 3.35. The summed E-state index contributed by atoms with van der Waals surface area (Å²) in [7, 11) is 0. The molecule has 0 saturated heterocycles. The second-order valence-electron chi connectivity index (χ2n) is 4.86. The summed E-state index contributed by atoms with van der Waals surface area (Å²) in [5.41, 5.74) is 1.69. The normalized spacial score (nSPS) is 10.8. The summed E-state index contributed by atoms with van der Waals surface area (Å²) < 4.78 is 0. The first kappa shape index (κ1) is 15.6. The fourth-order valence-corrected chi connectivity index (χ4v) is 5.22. The molecule has 0 unspecified atom stereocenters. The third-order valence-electron chi connectivity index (χ3n) is 3.15. The van der Waals surface area contributed by atoms with E-state index >= 15 is 0 Å². The van der Waals surface area contributed by atoms with Crippen LogP contribution in [-0.2, 0) is 11.2 Å². The number of thiophene rings is 2. The predicted octanol–water partition coefficient (Wildman–Crippen LogP) is 5.24. The second kappa shape index (κ2) is 6.94. The molecule has 0 aliphatic carbocycles. The van der Waals surface area contributed by atoms with Crippen LogP contribution in [0.25, 0.3) is 20.5 Å². The molecular formula is C16H11N3OS4. The van der Waals surface area contributed by atoms with E-state index in [0.29, 0.717) is 5.13 Å². The summed E-state index contributed by atoms with van der Waals surface area (Å²) in [6.45, 7) is 0. The van der Waals surface area contributed by atoms with Gasteiger partial charge in [-0.1, -0.05) is 12.1 Å². The number of hydrogen-bond donors (Lipinski definition) is 1. The Morgan fingerprint density at radius 3 is 2.50 bits per heavy atom. The van der Waals surface area contributed by atoms with Gasteiger partial charge in [0.2, 0.25) is 5.91 Å². The van der Waals surface area contributed by atoms with E-state index in [-0.39, 0.29) is 12.3 Å². The van der Waals surface area contributed by atoms with Crippen LogP contribution in [-0.4, -0.2) is 15.9 Å². The Labute approximate surface area is 154 Å². The number of aromatic nitrogens is 2. The van der Waals surface area contributed by atoms with Crippen molar-refractivity contribution in [2.24, 2.45) is 0 Å². The van der Waals surface area contributed by atoms with Gasteiger partial charge in [-0.05, 0) is 22.9 Å². The van der Waals surface area contributed by atoms with E-state index in [1.54, 1.807) is 34.0 Å². The van der Waals surface area contributed by atoms with Crippen molar-refractivity contribution >= 4 is 56.4 Å². The first-order valence-electron chi connectivity index (χ1n) is 7.05. The highest BCUT2D eigenvalue weighted by molar-refractivity contribution is 7.20. The fraction of sp³-hybridized carbons (Fsp3) is 0.0625. The molecule has 4 aromatic rings. The van der Waals surface area contributed by atoms with Gasteiger partial charge >= 0.3 is 0 Å². The fourth-order valence-electron chi connectivity index (χ4n) is 2.10. The summed E-state index contributed by atoms with van der Waals surface area (Å²) in [6.07, 6.45) is 0.260. The molecule has 0 spiro atoms. The standard InChI is InChI=1S/C16H11N3OS4/c20-14(7-10-8-23-15(17-10)13-4-2-6-22-13)19-16-18-11(9-24-16)12-3-1-5-21-12/h1-6,8-9H,7H2,(H,18,19,20). The summed E-state index contributed by atoms with van der Waals surface area (Å²) in [4.78, 5) is 23.4. The van der Waals surface area contributed by atoms with Crippen LogP contribution in [0.5, 0.6) is 0 Å². The molecule has 0 fully saturated rings. The molecule has 0 saturated carbocycles. The highest BCUT2D eigenvalue weighted by Crippen LogP contribution is 2.29. The Hall–Kier alpha value is -1.87. The van der Waals surface area contributed by atoms with Crippen molar-refractivity contribution in [3.63, 3.8) is 0 Å². The van der Waals surface area contributed by atoms with Crippen LogP contribution in [0.3, 0.4) is 0 Å². The van der Waals surface area contributed by atoms with Gasteiger partial charge in [-0.3, -0.25) is 4.79 Å². The lowest BCUT2D eigenvalue weighted by atomic mass is 10.3. The smallest absolute Gasteiger partial charge is 0.232 e. The van der Waals surface area contributed by atoms with E-state index in [9.17, 15) is 4.79 Å².